The average Bonchev–Trinajstić information content (AvgIpc) is 2.46. The number of carbonyl (C=O) groups excluding carboxylic acids is 1. The number of aliphatic hydroxyl groups excluding tert-OH is 1. The molecule has 1 atom stereocenters. The molecule has 2 rings (SSSR count). The van der Waals surface area contributed by atoms with Gasteiger partial charge in [0.1, 0.15) is 0 Å². The van der Waals surface area contributed by atoms with E-state index in [-0.39, 0.29) is 5.69 Å². The molecule has 1 aromatic carbocycles. The molecule has 1 saturated heterocycles. The van der Waals surface area contributed by atoms with Crippen molar-refractivity contribution in [2.75, 3.05) is 18.4 Å². The molecule has 1 unspecified atom stereocenters. The molecule has 2 amide bonds. The highest BCUT2D eigenvalue weighted by Crippen LogP contribution is 2.30. The third-order valence-electron chi connectivity index (χ3n) is 3.29. The highest BCUT2D eigenvalue weighted by molar-refractivity contribution is 7.86. The number of anilines is 1. The first kappa shape index (κ1) is 16.8. The molecule has 1 aliphatic heterocycles. The van der Waals surface area contributed by atoms with Crippen LogP contribution in [0.3, 0.4) is 0 Å². The van der Waals surface area contributed by atoms with E-state index in [4.69, 9.17) is 0 Å². The van der Waals surface area contributed by atoms with Crippen LogP contribution >= 0.6 is 0 Å². The Labute approximate surface area is 127 Å². The highest BCUT2D eigenvalue weighted by Gasteiger charge is 2.39. The van der Waals surface area contributed by atoms with E-state index >= 15 is 0 Å². The third kappa shape index (κ3) is 3.98. The lowest BCUT2D eigenvalue weighted by atomic mass is 10.1. The van der Waals surface area contributed by atoms with Gasteiger partial charge < -0.3 is 15.3 Å². The molecule has 122 valence electrons. The van der Waals surface area contributed by atoms with Gasteiger partial charge >= 0.3 is 11.5 Å². The third-order valence-corrected chi connectivity index (χ3v) is 4.47. The number of para-hydroxylation sites is 1. The summed E-state index contributed by atoms with van der Waals surface area (Å²) in [5, 5.41) is 11.7. The summed E-state index contributed by atoms with van der Waals surface area (Å²) >= 11 is 0. The average molecular weight is 336 g/mol. The summed E-state index contributed by atoms with van der Waals surface area (Å²) in [5.41, 5.74) is -5.02. The minimum absolute atomic E-state index is 0.130. The van der Waals surface area contributed by atoms with Crippen LogP contribution in [0.25, 0.3) is 0 Å². The smallest absolute Gasteiger partial charge is 0.393 e. The summed E-state index contributed by atoms with van der Waals surface area (Å²) in [5.74, 6) is 0. The molecule has 1 aromatic rings. The first-order valence-electron chi connectivity index (χ1n) is 6.60. The Morgan fingerprint density at radius 2 is 1.86 bits per heavy atom. The van der Waals surface area contributed by atoms with Gasteiger partial charge in [-0.3, -0.25) is 0 Å². The summed E-state index contributed by atoms with van der Waals surface area (Å²) in [6, 6.07) is 4.55. The molecule has 0 spiro atoms. The standard InChI is InChI=1S/C13H15F3N2O3S/c14-13(15,16)22(21)11-4-2-1-3-10(11)17-12(20)18-7-5-9(19)6-8-18/h1-4,9,19H,5-8H2,(H,17,20). The van der Waals surface area contributed by atoms with Crippen LogP contribution in [0, 0.1) is 0 Å². The van der Waals surface area contributed by atoms with Gasteiger partial charge in [0.2, 0.25) is 0 Å². The number of likely N-dealkylation sites (tertiary alicyclic amines) is 1. The van der Waals surface area contributed by atoms with E-state index in [0.29, 0.717) is 25.9 Å². The number of amides is 2. The molecule has 0 aromatic heterocycles. The fourth-order valence-corrected chi connectivity index (χ4v) is 2.89. The van der Waals surface area contributed by atoms with Crippen LogP contribution < -0.4 is 5.32 Å². The Bertz CT molecular complexity index is 572. The van der Waals surface area contributed by atoms with Crippen LogP contribution in [0.4, 0.5) is 23.7 Å². The van der Waals surface area contributed by atoms with Crippen molar-refractivity contribution in [3.8, 4) is 0 Å². The zero-order valence-corrected chi connectivity index (χ0v) is 12.3. The van der Waals surface area contributed by atoms with E-state index < -0.39 is 33.3 Å². The second-order valence-electron chi connectivity index (χ2n) is 4.86. The quantitative estimate of drug-likeness (QED) is 0.871. The molecular formula is C13H15F3N2O3S. The second-order valence-corrected chi connectivity index (χ2v) is 6.30. The summed E-state index contributed by atoms with van der Waals surface area (Å²) < 4.78 is 49.3. The Morgan fingerprint density at radius 1 is 1.27 bits per heavy atom. The van der Waals surface area contributed by atoms with Gasteiger partial charge in [-0.25, -0.2) is 9.00 Å². The SMILES string of the molecule is O=C(Nc1ccccc1S(=O)C(F)(F)F)N1CCC(O)CC1. The number of halogens is 3. The van der Waals surface area contributed by atoms with Crippen molar-refractivity contribution in [1.82, 2.24) is 4.90 Å². The Morgan fingerprint density at radius 3 is 2.45 bits per heavy atom. The van der Waals surface area contributed by atoms with E-state index in [2.05, 4.69) is 5.32 Å². The van der Waals surface area contributed by atoms with E-state index in [9.17, 15) is 27.3 Å². The summed E-state index contributed by atoms with van der Waals surface area (Å²) in [7, 11) is -3.21. The van der Waals surface area contributed by atoms with Crippen LogP contribution in [-0.4, -0.2) is 44.9 Å². The normalized spacial score (nSPS) is 18.1. The van der Waals surface area contributed by atoms with Gasteiger partial charge in [-0.05, 0) is 25.0 Å². The predicted molar refractivity (Wildman–Crippen MR) is 74.7 cm³/mol. The van der Waals surface area contributed by atoms with Gasteiger partial charge in [-0.2, -0.15) is 13.2 Å². The van der Waals surface area contributed by atoms with E-state index in [1.807, 2.05) is 0 Å². The predicted octanol–water partition coefficient (Wildman–Crippen LogP) is 2.30. The molecule has 0 aliphatic carbocycles. The van der Waals surface area contributed by atoms with Gasteiger partial charge in [0.25, 0.3) is 0 Å². The topological polar surface area (TPSA) is 69.6 Å². The van der Waals surface area contributed by atoms with Crippen LogP contribution in [0.5, 0.6) is 0 Å². The van der Waals surface area contributed by atoms with Crippen molar-refractivity contribution in [2.45, 2.75) is 29.3 Å². The van der Waals surface area contributed by atoms with Crippen molar-refractivity contribution in [1.29, 1.82) is 0 Å². The van der Waals surface area contributed by atoms with E-state index in [1.54, 1.807) is 0 Å². The zero-order chi connectivity index (χ0) is 16.3. The van der Waals surface area contributed by atoms with Gasteiger partial charge in [0.15, 0.2) is 10.8 Å². The van der Waals surface area contributed by atoms with Crippen LogP contribution in [0.15, 0.2) is 29.2 Å². The van der Waals surface area contributed by atoms with Gasteiger partial charge in [-0.1, -0.05) is 12.1 Å². The lowest BCUT2D eigenvalue weighted by Gasteiger charge is -2.29. The lowest BCUT2D eigenvalue weighted by molar-refractivity contribution is -0.0384. The summed E-state index contributed by atoms with van der Waals surface area (Å²) in [4.78, 5) is 13.0. The van der Waals surface area contributed by atoms with E-state index in [0.717, 1.165) is 6.07 Å². The van der Waals surface area contributed by atoms with Crippen molar-refractivity contribution < 1.29 is 27.3 Å². The Hall–Kier alpha value is -1.61. The molecule has 0 saturated carbocycles. The number of rotatable bonds is 2. The number of carbonyl (C=O) groups is 1. The van der Waals surface area contributed by atoms with Crippen LogP contribution in [-0.2, 0) is 10.8 Å². The van der Waals surface area contributed by atoms with Gasteiger partial charge in [0, 0.05) is 13.1 Å². The van der Waals surface area contributed by atoms with Crippen molar-refractivity contribution in [2.24, 2.45) is 0 Å². The molecule has 1 fully saturated rings. The molecule has 1 aliphatic rings. The molecule has 22 heavy (non-hydrogen) atoms. The maximum absolute atomic E-state index is 12.6. The minimum Gasteiger partial charge on any atom is -0.393 e. The maximum Gasteiger partial charge on any atom is 0.475 e. The number of nitrogens with zero attached hydrogens (tertiary/aromatic N) is 1. The largest absolute Gasteiger partial charge is 0.475 e. The van der Waals surface area contributed by atoms with Crippen LogP contribution in [0.2, 0.25) is 0 Å². The van der Waals surface area contributed by atoms with Crippen LogP contribution in [0.1, 0.15) is 12.8 Å². The Balaban J connectivity index is 2.13. The minimum atomic E-state index is -4.89. The van der Waals surface area contributed by atoms with Crippen molar-refractivity contribution in [3.63, 3.8) is 0 Å². The number of nitrogens with one attached hydrogen (secondary N) is 1. The molecule has 0 bridgehead atoms. The van der Waals surface area contributed by atoms with Crippen molar-refractivity contribution >= 4 is 22.5 Å². The number of alkyl halides is 3. The molecular weight excluding hydrogens is 321 g/mol. The molecule has 0 radical (unpaired) electrons. The Kier molecular flexibility index (Phi) is 5.07. The van der Waals surface area contributed by atoms with Gasteiger partial charge in [-0.15, -0.1) is 0 Å². The number of urea groups is 1. The lowest BCUT2D eigenvalue weighted by Crippen LogP contribution is -2.42. The number of benzene rings is 1. The molecule has 2 N–H and O–H groups in total. The number of aliphatic hydroxyl groups is 1. The molecule has 1 heterocycles. The fourth-order valence-electron chi connectivity index (χ4n) is 2.12. The first-order chi connectivity index (χ1) is 10.3. The highest BCUT2D eigenvalue weighted by atomic mass is 32.2. The molecule has 9 heteroatoms. The van der Waals surface area contributed by atoms with E-state index in [1.165, 1.54) is 23.1 Å². The maximum atomic E-state index is 12.6. The monoisotopic (exact) mass is 336 g/mol. The number of piperidine rings is 1. The number of hydrogen-bond acceptors (Lipinski definition) is 3. The zero-order valence-electron chi connectivity index (χ0n) is 11.5. The number of hydrogen-bond donors (Lipinski definition) is 2. The fraction of sp³-hybridized carbons (Fsp3) is 0.462. The van der Waals surface area contributed by atoms with Gasteiger partial charge in [0.05, 0.1) is 16.7 Å². The molecule has 5 nitrogen and oxygen atoms in total. The van der Waals surface area contributed by atoms with Crippen molar-refractivity contribution in [3.05, 3.63) is 24.3 Å². The summed E-state index contributed by atoms with van der Waals surface area (Å²) in [6.07, 6.45) is 0.377. The summed E-state index contributed by atoms with van der Waals surface area (Å²) in [6.45, 7) is 0.634. The first-order valence-corrected chi connectivity index (χ1v) is 7.75. The second kappa shape index (κ2) is 6.66.